The van der Waals surface area contributed by atoms with Crippen LogP contribution in [0.2, 0.25) is 0 Å². The molecule has 0 radical (unpaired) electrons. The number of hydrogen-bond donors (Lipinski definition) is 3. The quantitative estimate of drug-likeness (QED) is 0.545. The van der Waals surface area contributed by atoms with E-state index in [0.717, 1.165) is 6.54 Å². The third-order valence-electron chi connectivity index (χ3n) is 3.06. The Hall–Kier alpha value is -1.57. The van der Waals surface area contributed by atoms with Crippen molar-refractivity contribution in [1.82, 2.24) is 16.0 Å². The number of carbonyl (C=O) groups is 2. The highest BCUT2D eigenvalue weighted by atomic mass is 35.5. The lowest BCUT2D eigenvalue weighted by atomic mass is 10.0. The van der Waals surface area contributed by atoms with Gasteiger partial charge in [-0.25, -0.2) is 0 Å². The first-order chi connectivity index (χ1) is 10.6. The van der Waals surface area contributed by atoms with Gasteiger partial charge in [-0.15, -0.1) is 12.4 Å². The van der Waals surface area contributed by atoms with Crippen LogP contribution in [0.3, 0.4) is 0 Å². The maximum absolute atomic E-state index is 12.2. The number of furan rings is 1. The summed E-state index contributed by atoms with van der Waals surface area (Å²) in [6, 6.07) is 2.59. The molecule has 0 aliphatic heterocycles. The Morgan fingerprint density at radius 1 is 1.26 bits per heavy atom. The zero-order chi connectivity index (χ0) is 16.4. The van der Waals surface area contributed by atoms with Crippen LogP contribution >= 0.6 is 12.4 Å². The van der Waals surface area contributed by atoms with Crippen molar-refractivity contribution >= 4 is 24.2 Å². The van der Waals surface area contributed by atoms with Gasteiger partial charge in [-0.2, -0.15) is 0 Å². The first kappa shape index (κ1) is 21.4. The molecule has 1 aromatic heterocycles. The fourth-order valence-corrected chi connectivity index (χ4v) is 1.84. The predicted octanol–water partition coefficient (Wildman–Crippen LogP) is 0.808. The number of nitrogens with one attached hydrogen (secondary N) is 3. The number of hydrogen-bond acceptors (Lipinski definition) is 5. The Morgan fingerprint density at radius 3 is 2.57 bits per heavy atom. The van der Waals surface area contributed by atoms with Crippen LogP contribution in [0.4, 0.5) is 0 Å². The normalized spacial score (nSPS) is 11.7. The molecule has 132 valence electrons. The maximum atomic E-state index is 12.2. The lowest BCUT2D eigenvalue weighted by molar-refractivity contribution is -0.123. The van der Waals surface area contributed by atoms with Crippen LogP contribution in [-0.2, 0) is 9.53 Å². The molecule has 1 rings (SSSR count). The summed E-state index contributed by atoms with van der Waals surface area (Å²) >= 11 is 0. The molecule has 3 N–H and O–H groups in total. The predicted molar refractivity (Wildman–Crippen MR) is 89.8 cm³/mol. The zero-order valence-corrected chi connectivity index (χ0v) is 14.6. The molecule has 8 heteroatoms. The van der Waals surface area contributed by atoms with E-state index >= 15 is 0 Å². The first-order valence-electron chi connectivity index (χ1n) is 7.38. The number of halogens is 1. The van der Waals surface area contributed by atoms with Crippen molar-refractivity contribution in [2.75, 3.05) is 33.4 Å². The summed E-state index contributed by atoms with van der Waals surface area (Å²) in [6.07, 6.45) is 1.42. The summed E-state index contributed by atoms with van der Waals surface area (Å²) in [5, 5.41) is 8.63. The van der Waals surface area contributed by atoms with Crippen LogP contribution in [0.5, 0.6) is 0 Å². The molecule has 0 aliphatic rings. The Bertz CT molecular complexity index is 452. The van der Waals surface area contributed by atoms with Crippen LogP contribution in [-0.4, -0.2) is 51.2 Å². The molecule has 23 heavy (non-hydrogen) atoms. The Kier molecular flexibility index (Phi) is 11.1. The van der Waals surface area contributed by atoms with E-state index in [-0.39, 0.29) is 30.0 Å². The van der Waals surface area contributed by atoms with Crippen LogP contribution in [0.25, 0.3) is 0 Å². The van der Waals surface area contributed by atoms with Gasteiger partial charge in [0.15, 0.2) is 5.76 Å². The molecule has 0 aliphatic carbocycles. The molecule has 1 heterocycles. The molecule has 0 saturated heterocycles. The number of amides is 2. The summed E-state index contributed by atoms with van der Waals surface area (Å²) < 4.78 is 9.94. The van der Waals surface area contributed by atoms with Gasteiger partial charge in [0.05, 0.1) is 12.9 Å². The largest absolute Gasteiger partial charge is 0.459 e. The van der Waals surface area contributed by atoms with Crippen molar-refractivity contribution in [3.63, 3.8) is 0 Å². The lowest BCUT2D eigenvalue weighted by Crippen LogP contribution is -2.50. The standard InChI is InChI=1S/C15H25N3O4.ClH/c1-11(2)13(18-14(19)12-5-4-9-22-12)15(20)17-7-6-16-8-10-21-3;/h4-5,9,11,13,16H,6-8,10H2,1-3H3,(H,17,20)(H,18,19);1H. The van der Waals surface area contributed by atoms with E-state index < -0.39 is 11.9 Å². The average Bonchev–Trinajstić information content (AvgIpc) is 3.02. The van der Waals surface area contributed by atoms with Crippen molar-refractivity contribution in [3.8, 4) is 0 Å². The average molecular weight is 348 g/mol. The SMILES string of the molecule is COCCNCCNC(=O)C(NC(=O)c1ccco1)C(C)C.Cl. The summed E-state index contributed by atoms with van der Waals surface area (Å²) in [6.45, 7) is 6.25. The lowest BCUT2D eigenvalue weighted by Gasteiger charge is -2.21. The molecular weight excluding hydrogens is 322 g/mol. The van der Waals surface area contributed by atoms with Crippen LogP contribution < -0.4 is 16.0 Å². The summed E-state index contributed by atoms with van der Waals surface area (Å²) in [7, 11) is 1.64. The third kappa shape index (κ3) is 8.01. The fraction of sp³-hybridized carbons (Fsp3) is 0.600. The molecule has 0 saturated carbocycles. The van der Waals surface area contributed by atoms with Gasteiger partial charge in [-0.3, -0.25) is 9.59 Å². The zero-order valence-electron chi connectivity index (χ0n) is 13.8. The fourth-order valence-electron chi connectivity index (χ4n) is 1.84. The van der Waals surface area contributed by atoms with Crippen LogP contribution in [0, 0.1) is 5.92 Å². The summed E-state index contributed by atoms with van der Waals surface area (Å²) in [5.41, 5.74) is 0. The molecule has 7 nitrogen and oxygen atoms in total. The van der Waals surface area contributed by atoms with E-state index in [0.29, 0.717) is 19.7 Å². The smallest absolute Gasteiger partial charge is 0.287 e. The number of methoxy groups -OCH3 is 1. The van der Waals surface area contributed by atoms with E-state index in [1.165, 1.54) is 6.26 Å². The topological polar surface area (TPSA) is 92.6 Å². The van der Waals surface area contributed by atoms with Gasteiger partial charge >= 0.3 is 0 Å². The van der Waals surface area contributed by atoms with E-state index in [9.17, 15) is 9.59 Å². The third-order valence-corrected chi connectivity index (χ3v) is 3.06. The first-order valence-corrected chi connectivity index (χ1v) is 7.38. The van der Waals surface area contributed by atoms with Gasteiger partial charge in [0.2, 0.25) is 5.91 Å². The van der Waals surface area contributed by atoms with Crippen molar-refractivity contribution in [2.45, 2.75) is 19.9 Å². The second-order valence-electron chi connectivity index (χ2n) is 5.21. The Labute approximate surface area is 142 Å². The minimum absolute atomic E-state index is 0. The Balaban J connectivity index is 0.00000484. The van der Waals surface area contributed by atoms with Gasteiger partial charge in [0, 0.05) is 26.7 Å². The highest BCUT2D eigenvalue weighted by molar-refractivity contribution is 5.95. The van der Waals surface area contributed by atoms with Crippen molar-refractivity contribution in [1.29, 1.82) is 0 Å². The number of ether oxygens (including phenoxy) is 1. The van der Waals surface area contributed by atoms with Crippen molar-refractivity contribution in [3.05, 3.63) is 24.2 Å². The second-order valence-corrected chi connectivity index (χ2v) is 5.21. The molecule has 0 bridgehead atoms. The van der Waals surface area contributed by atoms with E-state index in [4.69, 9.17) is 9.15 Å². The van der Waals surface area contributed by atoms with E-state index in [2.05, 4.69) is 16.0 Å². The molecular formula is C15H26ClN3O4. The minimum Gasteiger partial charge on any atom is -0.459 e. The van der Waals surface area contributed by atoms with Crippen molar-refractivity contribution in [2.24, 2.45) is 5.92 Å². The molecule has 2 amide bonds. The van der Waals surface area contributed by atoms with Crippen LogP contribution in [0.1, 0.15) is 24.4 Å². The molecule has 1 aromatic rings. The monoisotopic (exact) mass is 347 g/mol. The Morgan fingerprint density at radius 2 is 2.00 bits per heavy atom. The number of carbonyl (C=O) groups excluding carboxylic acids is 2. The van der Waals surface area contributed by atoms with Gasteiger partial charge < -0.3 is 25.1 Å². The van der Waals surface area contributed by atoms with Gasteiger partial charge in [0.25, 0.3) is 5.91 Å². The minimum atomic E-state index is -0.600. The van der Waals surface area contributed by atoms with E-state index in [1.807, 2.05) is 13.8 Å². The van der Waals surface area contributed by atoms with E-state index in [1.54, 1.807) is 19.2 Å². The van der Waals surface area contributed by atoms with Gasteiger partial charge in [-0.05, 0) is 18.1 Å². The second kappa shape index (κ2) is 11.9. The molecule has 0 aromatic carbocycles. The maximum Gasteiger partial charge on any atom is 0.287 e. The number of rotatable bonds is 10. The highest BCUT2D eigenvalue weighted by Crippen LogP contribution is 2.05. The van der Waals surface area contributed by atoms with Crippen molar-refractivity contribution < 1.29 is 18.7 Å². The molecule has 1 atom stereocenters. The summed E-state index contributed by atoms with van der Waals surface area (Å²) in [5.74, 6) is -0.430. The van der Waals surface area contributed by atoms with Gasteiger partial charge in [-0.1, -0.05) is 13.8 Å². The summed E-state index contributed by atoms with van der Waals surface area (Å²) in [4.78, 5) is 24.1. The molecule has 0 fully saturated rings. The van der Waals surface area contributed by atoms with Crippen LogP contribution in [0.15, 0.2) is 22.8 Å². The molecule has 1 unspecified atom stereocenters. The highest BCUT2D eigenvalue weighted by Gasteiger charge is 2.25. The van der Waals surface area contributed by atoms with Gasteiger partial charge in [0.1, 0.15) is 6.04 Å². The molecule has 0 spiro atoms.